The Morgan fingerprint density at radius 3 is 2.67 bits per heavy atom. The normalized spacial score (nSPS) is 12.0. The van der Waals surface area contributed by atoms with E-state index in [1.54, 1.807) is 12.1 Å². The van der Waals surface area contributed by atoms with Crippen LogP contribution in [0.4, 0.5) is 10.1 Å². The molecule has 2 aromatic rings. The van der Waals surface area contributed by atoms with Crippen molar-refractivity contribution < 1.29 is 9.18 Å². The lowest BCUT2D eigenvalue weighted by Gasteiger charge is -2.12. The summed E-state index contributed by atoms with van der Waals surface area (Å²) in [5.41, 5.74) is 2.50. The molecule has 2 aromatic carbocycles. The van der Waals surface area contributed by atoms with Gasteiger partial charge >= 0.3 is 0 Å². The van der Waals surface area contributed by atoms with Crippen molar-refractivity contribution in [3.05, 3.63) is 65.5 Å². The highest BCUT2D eigenvalue weighted by Crippen LogP contribution is 2.17. The number of hydrogen-bond donors (Lipinski definition) is 2. The molecule has 0 aliphatic heterocycles. The van der Waals surface area contributed by atoms with Gasteiger partial charge in [0.05, 0.1) is 6.42 Å². The molecule has 110 valence electrons. The maximum Gasteiger partial charge on any atom is 0.228 e. The van der Waals surface area contributed by atoms with Gasteiger partial charge in [-0.2, -0.15) is 0 Å². The fourth-order valence-corrected chi connectivity index (χ4v) is 2.09. The smallest absolute Gasteiger partial charge is 0.228 e. The van der Waals surface area contributed by atoms with Crippen molar-refractivity contribution in [3.63, 3.8) is 0 Å². The van der Waals surface area contributed by atoms with Gasteiger partial charge in [-0.1, -0.05) is 24.3 Å². The number of anilines is 1. The minimum Gasteiger partial charge on any atom is -0.326 e. The van der Waals surface area contributed by atoms with Gasteiger partial charge in [0, 0.05) is 11.7 Å². The lowest BCUT2D eigenvalue weighted by atomic mass is 10.1. The van der Waals surface area contributed by atoms with Crippen molar-refractivity contribution in [1.82, 2.24) is 5.32 Å². The van der Waals surface area contributed by atoms with Crippen molar-refractivity contribution in [2.75, 3.05) is 12.4 Å². The minimum absolute atomic E-state index is 0.156. The summed E-state index contributed by atoms with van der Waals surface area (Å²) in [6.45, 7) is 2.05. The first-order chi connectivity index (χ1) is 10.1. The maximum atomic E-state index is 13.1. The molecule has 0 heterocycles. The van der Waals surface area contributed by atoms with Crippen LogP contribution in [-0.2, 0) is 11.2 Å². The van der Waals surface area contributed by atoms with Crippen LogP contribution in [-0.4, -0.2) is 13.0 Å². The molecule has 21 heavy (non-hydrogen) atoms. The Morgan fingerprint density at radius 2 is 1.95 bits per heavy atom. The molecule has 0 fully saturated rings. The van der Waals surface area contributed by atoms with E-state index in [0.29, 0.717) is 5.56 Å². The van der Waals surface area contributed by atoms with Crippen LogP contribution in [0.2, 0.25) is 0 Å². The molecule has 0 aromatic heterocycles. The zero-order chi connectivity index (χ0) is 15.2. The Balaban J connectivity index is 2.02. The lowest BCUT2D eigenvalue weighted by molar-refractivity contribution is -0.115. The van der Waals surface area contributed by atoms with Crippen molar-refractivity contribution in [3.8, 4) is 0 Å². The van der Waals surface area contributed by atoms with Crippen LogP contribution in [0.3, 0.4) is 0 Å². The van der Waals surface area contributed by atoms with Gasteiger partial charge < -0.3 is 10.6 Å². The second-order valence-electron chi connectivity index (χ2n) is 4.99. The monoisotopic (exact) mass is 286 g/mol. The number of rotatable bonds is 5. The third-order valence-corrected chi connectivity index (χ3v) is 3.36. The Kier molecular flexibility index (Phi) is 5.06. The second-order valence-corrected chi connectivity index (χ2v) is 4.99. The molecule has 0 saturated heterocycles. The van der Waals surface area contributed by atoms with Gasteiger partial charge in [0.25, 0.3) is 0 Å². The zero-order valence-corrected chi connectivity index (χ0v) is 12.2. The van der Waals surface area contributed by atoms with Crippen LogP contribution in [0, 0.1) is 5.82 Å². The molecule has 0 bridgehead atoms. The summed E-state index contributed by atoms with van der Waals surface area (Å²) in [7, 11) is 1.89. The van der Waals surface area contributed by atoms with Crippen LogP contribution in [0.25, 0.3) is 0 Å². The molecule has 3 nitrogen and oxygen atoms in total. The topological polar surface area (TPSA) is 41.1 Å². The third kappa shape index (κ3) is 4.39. The van der Waals surface area contributed by atoms with E-state index in [1.165, 1.54) is 12.1 Å². The summed E-state index contributed by atoms with van der Waals surface area (Å²) >= 11 is 0. The van der Waals surface area contributed by atoms with Crippen molar-refractivity contribution >= 4 is 11.6 Å². The van der Waals surface area contributed by atoms with Crippen LogP contribution in [0.15, 0.2) is 48.5 Å². The van der Waals surface area contributed by atoms with Gasteiger partial charge in [0.2, 0.25) is 5.91 Å². The summed E-state index contributed by atoms with van der Waals surface area (Å²) in [5, 5.41) is 5.99. The standard InChI is InChI=1S/C17H19FN2O/c1-12(19-2)14-6-4-8-16(11-14)20-17(21)10-13-5-3-7-15(18)9-13/h3-9,11-12,19H,10H2,1-2H3,(H,20,21). The molecule has 0 spiro atoms. The molecule has 1 unspecified atom stereocenters. The van der Waals surface area contributed by atoms with Crippen LogP contribution >= 0.6 is 0 Å². The van der Waals surface area contributed by atoms with Crippen LogP contribution in [0.1, 0.15) is 24.1 Å². The molecule has 2 N–H and O–H groups in total. The fourth-order valence-electron chi connectivity index (χ4n) is 2.09. The summed E-state index contributed by atoms with van der Waals surface area (Å²) in [4.78, 5) is 12.0. The summed E-state index contributed by atoms with van der Waals surface area (Å²) in [6.07, 6.45) is 0.156. The fraction of sp³-hybridized carbons (Fsp3) is 0.235. The van der Waals surface area contributed by atoms with E-state index in [-0.39, 0.29) is 24.2 Å². The second kappa shape index (κ2) is 6.99. The van der Waals surface area contributed by atoms with E-state index in [0.717, 1.165) is 11.3 Å². The third-order valence-electron chi connectivity index (χ3n) is 3.36. The van der Waals surface area contributed by atoms with Gasteiger partial charge in [-0.15, -0.1) is 0 Å². The average molecular weight is 286 g/mol. The van der Waals surface area contributed by atoms with E-state index >= 15 is 0 Å². The number of amides is 1. The van der Waals surface area contributed by atoms with Gasteiger partial charge in [-0.3, -0.25) is 4.79 Å². The molecule has 0 aliphatic carbocycles. The van der Waals surface area contributed by atoms with Crippen LogP contribution in [0.5, 0.6) is 0 Å². The SMILES string of the molecule is CNC(C)c1cccc(NC(=O)Cc2cccc(F)c2)c1. The lowest BCUT2D eigenvalue weighted by Crippen LogP contribution is -2.16. The molecule has 2 rings (SSSR count). The molecular weight excluding hydrogens is 267 g/mol. The van der Waals surface area contributed by atoms with Gasteiger partial charge in [-0.05, 0) is 49.4 Å². The van der Waals surface area contributed by atoms with Crippen molar-refractivity contribution in [1.29, 1.82) is 0 Å². The van der Waals surface area contributed by atoms with Crippen molar-refractivity contribution in [2.45, 2.75) is 19.4 Å². The molecule has 1 amide bonds. The van der Waals surface area contributed by atoms with E-state index < -0.39 is 0 Å². The molecule has 0 radical (unpaired) electrons. The summed E-state index contributed by atoms with van der Waals surface area (Å²) in [6, 6.07) is 14.0. The Bertz CT molecular complexity index is 628. The van der Waals surface area contributed by atoms with Crippen molar-refractivity contribution in [2.24, 2.45) is 0 Å². The zero-order valence-electron chi connectivity index (χ0n) is 12.2. The molecule has 0 aliphatic rings. The first-order valence-corrected chi connectivity index (χ1v) is 6.90. The quantitative estimate of drug-likeness (QED) is 0.885. The number of hydrogen-bond acceptors (Lipinski definition) is 2. The molecular formula is C17H19FN2O. The molecule has 4 heteroatoms. The predicted octanol–water partition coefficient (Wildman–Crippen LogP) is 3.29. The van der Waals surface area contributed by atoms with Gasteiger partial charge in [0.1, 0.15) is 5.82 Å². The number of nitrogens with one attached hydrogen (secondary N) is 2. The number of carbonyl (C=O) groups excluding carboxylic acids is 1. The summed E-state index contributed by atoms with van der Waals surface area (Å²) < 4.78 is 13.1. The molecule has 1 atom stereocenters. The highest BCUT2D eigenvalue weighted by molar-refractivity contribution is 5.92. The Hall–Kier alpha value is -2.20. The largest absolute Gasteiger partial charge is 0.326 e. The summed E-state index contributed by atoms with van der Waals surface area (Å²) in [5.74, 6) is -0.486. The van der Waals surface area contributed by atoms with Gasteiger partial charge in [0.15, 0.2) is 0 Å². The maximum absolute atomic E-state index is 13.1. The van der Waals surface area contributed by atoms with Crippen LogP contribution < -0.4 is 10.6 Å². The highest BCUT2D eigenvalue weighted by Gasteiger charge is 2.07. The highest BCUT2D eigenvalue weighted by atomic mass is 19.1. The Morgan fingerprint density at radius 1 is 1.19 bits per heavy atom. The minimum atomic E-state index is -0.329. The average Bonchev–Trinajstić information content (AvgIpc) is 2.46. The first kappa shape index (κ1) is 15.2. The predicted molar refractivity (Wildman–Crippen MR) is 82.7 cm³/mol. The number of benzene rings is 2. The molecule has 0 saturated carbocycles. The van der Waals surface area contributed by atoms with E-state index in [2.05, 4.69) is 10.6 Å². The van der Waals surface area contributed by atoms with E-state index in [4.69, 9.17) is 0 Å². The first-order valence-electron chi connectivity index (χ1n) is 6.90. The Labute approximate surface area is 124 Å². The number of halogens is 1. The number of carbonyl (C=O) groups is 1. The van der Waals surface area contributed by atoms with Gasteiger partial charge in [-0.25, -0.2) is 4.39 Å². The van der Waals surface area contributed by atoms with E-state index in [1.807, 2.05) is 38.2 Å². The van der Waals surface area contributed by atoms with E-state index in [9.17, 15) is 9.18 Å².